The van der Waals surface area contributed by atoms with Gasteiger partial charge in [0.15, 0.2) is 0 Å². The summed E-state index contributed by atoms with van der Waals surface area (Å²) in [5, 5.41) is 9.35. The SMILES string of the molecule is C[Si](C)(CCCNC(=O)CCCCC(=O)ON)O[Si-2]123(O[Si](C)(C)CCCNC(=O)C[N+](CCCS(=O)(=O)O)(CCCS(=O)(=O)ON)CCCS(=O)(=O)ON)n4c5c6ccccc6c4N=C4c6ccccc6C(=[N+]41)N=c1c4ccccc4c(n12)=NC1=[N+]3C(=N5)c2ccccc21. The quantitative estimate of drug-likeness (QED) is 0.0113. The van der Waals surface area contributed by atoms with Gasteiger partial charge in [0.05, 0.1) is 0 Å². The molecule has 1 spiro atoms. The Labute approximate surface area is 544 Å². The number of amidine groups is 4. The van der Waals surface area contributed by atoms with Gasteiger partial charge in [-0.2, -0.15) is 51.5 Å². The van der Waals surface area contributed by atoms with Crippen LogP contribution in [0.3, 0.4) is 0 Å². The molecule has 8 heterocycles. The van der Waals surface area contributed by atoms with E-state index in [1.807, 2.05) is 97.1 Å². The van der Waals surface area contributed by atoms with E-state index >= 15 is 0 Å². The third-order valence-corrected chi connectivity index (χ3v) is 38.3. The van der Waals surface area contributed by atoms with Crippen molar-refractivity contribution in [2.75, 3.05) is 56.5 Å². The van der Waals surface area contributed by atoms with Crippen LogP contribution in [0.15, 0.2) is 117 Å². The summed E-state index contributed by atoms with van der Waals surface area (Å²) in [5.41, 5.74) is 4.25. The summed E-state index contributed by atoms with van der Waals surface area (Å²) in [4.78, 5) is 67.2. The number of benzene rings is 4. The number of nitrogens with two attached hydrogens (primary N) is 3. The number of quaternary nitrogens is 1. The number of aliphatic imine (C=N–C) groups is 2. The van der Waals surface area contributed by atoms with Crippen molar-refractivity contribution in [1.82, 2.24) is 19.1 Å². The third kappa shape index (κ3) is 11.0. The summed E-state index contributed by atoms with van der Waals surface area (Å²) >= 11 is 0. The second-order valence-corrected chi connectivity index (χ2v) is 45.3. The third-order valence-electron chi connectivity index (χ3n) is 18.7. The predicted octanol–water partition coefficient (Wildman–Crippen LogP) is 3.07. The second-order valence-electron chi connectivity index (χ2n) is 26.0. The van der Waals surface area contributed by atoms with Gasteiger partial charge in [-0.3, -0.25) is 9.35 Å². The number of nitrogens with one attached hydrogen (secondary N) is 2. The summed E-state index contributed by atoms with van der Waals surface area (Å²) < 4.78 is 119. The number of hydrogen-bond acceptors (Lipinski definition) is 21. The van der Waals surface area contributed by atoms with E-state index < -0.39 is 83.9 Å². The van der Waals surface area contributed by atoms with Crippen molar-refractivity contribution >= 4 is 129 Å². The molecular formula is C59H77N14O15S3Si3+. The molecule has 0 saturated carbocycles. The summed E-state index contributed by atoms with van der Waals surface area (Å²) in [6.07, 6.45) is 1.60. The fourth-order valence-electron chi connectivity index (χ4n) is 15.2. The van der Waals surface area contributed by atoms with E-state index in [1.54, 1.807) is 0 Å². The van der Waals surface area contributed by atoms with Gasteiger partial charge in [0, 0.05) is 0 Å². The van der Waals surface area contributed by atoms with Crippen LogP contribution in [0.2, 0.25) is 38.3 Å². The van der Waals surface area contributed by atoms with Gasteiger partial charge in [-0.05, 0) is 0 Å². The van der Waals surface area contributed by atoms with Crippen LogP contribution in [0.4, 0.5) is 11.6 Å². The summed E-state index contributed by atoms with van der Waals surface area (Å²) in [7, 11) is -27.1. The number of unbranched alkanes of at least 4 members (excludes halogenated alkanes) is 1. The Morgan fingerprint density at radius 3 is 1.40 bits per heavy atom. The fourth-order valence-corrected chi connectivity index (χ4v) is 39.1. The number of carbonyl (C=O) groups excluding carboxylic acids is 3. The van der Waals surface area contributed by atoms with Crippen molar-refractivity contribution < 1.29 is 78.8 Å². The molecular weight excluding hydrogens is 1330 g/mol. The van der Waals surface area contributed by atoms with Crippen LogP contribution in [0.25, 0.3) is 21.5 Å². The Balaban J connectivity index is 1.01. The van der Waals surface area contributed by atoms with Crippen molar-refractivity contribution in [1.29, 1.82) is 0 Å². The Bertz CT molecular complexity index is 4630. The molecule has 0 aliphatic carbocycles. The van der Waals surface area contributed by atoms with Crippen molar-refractivity contribution in [2.45, 2.75) is 96.1 Å². The van der Waals surface area contributed by atoms with Crippen molar-refractivity contribution in [2.24, 2.45) is 37.7 Å². The van der Waals surface area contributed by atoms with Crippen LogP contribution in [0.1, 0.15) is 80.0 Å². The van der Waals surface area contributed by atoms with Gasteiger partial charge >= 0.3 is 451 Å². The first-order chi connectivity index (χ1) is 44.6. The fraction of sp³-hybridized carbons (Fsp3) is 0.407. The zero-order chi connectivity index (χ0) is 66.9. The van der Waals surface area contributed by atoms with Gasteiger partial charge in [-0.15, -0.1) is 0 Å². The van der Waals surface area contributed by atoms with Gasteiger partial charge in [0.1, 0.15) is 0 Å². The number of aromatic nitrogens is 2. The van der Waals surface area contributed by atoms with Crippen LogP contribution >= 0.6 is 0 Å². The summed E-state index contributed by atoms with van der Waals surface area (Å²) in [5.74, 6) is 15.4. The molecule has 502 valence electrons. The van der Waals surface area contributed by atoms with E-state index in [9.17, 15) is 52.4 Å². The Morgan fingerprint density at radius 2 is 0.957 bits per heavy atom. The van der Waals surface area contributed by atoms with Crippen molar-refractivity contribution in [3.05, 3.63) is 130 Å². The average molecular weight is 1400 g/mol. The van der Waals surface area contributed by atoms with Gasteiger partial charge in [0.2, 0.25) is 0 Å². The van der Waals surface area contributed by atoms with Crippen LogP contribution in [0, 0.1) is 0 Å². The first kappa shape index (κ1) is 66.8. The Morgan fingerprint density at radius 1 is 0.543 bits per heavy atom. The normalized spacial score (nSPS) is 17.5. The van der Waals surface area contributed by atoms with Crippen LogP contribution in [-0.2, 0) is 66.4 Å². The molecule has 2 aromatic heterocycles. The van der Waals surface area contributed by atoms with E-state index in [1.165, 1.54) is 0 Å². The number of amides is 2. The maximum absolute atomic E-state index is 14.6. The van der Waals surface area contributed by atoms with Crippen molar-refractivity contribution in [3.63, 3.8) is 0 Å². The number of fused-ring (bicyclic) bond motifs is 12. The summed E-state index contributed by atoms with van der Waals surface area (Å²) in [6, 6.07) is 33.1. The molecule has 12 rings (SSSR count). The van der Waals surface area contributed by atoms with Gasteiger partial charge in [0.25, 0.3) is 30.4 Å². The van der Waals surface area contributed by atoms with E-state index in [0.29, 0.717) is 90.3 Å². The van der Waals surface area contributed by atoms with Crippen LogP contribution in [-0.4, -0.2) is 173 Å². The molecule has 2 amide bonds. The zero-order valence-corrected chi connectivity index (χ0v) is 58.0. The second kappa shape index (κ2) is 24.2. The van der Waals surface area contributed by atoms with Crippen molar-refractivity contribution in [3.8, 4) is 0 Å². The average Bonchev–Trinajstić information content (AvgIpc) is 1.27. The first-order valence-corrected chi connectivity index (χ1v) is 44.8. The number of carbonyl (C=O) groups is 3. The molecule has 6 aliphatic rings. The molecule has 35 heteroatoms. The molecule has 29 nitrogen and oxygen atoms in total. The van der Waals surface area contributed by atoms with E-state index in [-0.39, 0.29) is 75.2 Å². The Kier molecular flexibility index (Phi) is 17.2. The minimum atomic E-state index is -7.18. The standard InChI is InChI=1S/C59H76N14O15S3Si3/c1-92(2,38-15-30-63-49(74)28-13-14-29-51(76)84-60)87-94(88-93(3,4)39-16-31-64-50(75)40-73(32-17-35-89(77,78)79,33-18-36-90(80,81)85-61)34-19-37-91(82,83)86-62)69-52-41-20-5-6-21-42(41)53(69)66-55-45-24-9-10-25-46(45)57(71(55)94)68-59-48-27-12-11-26-47(48)58(72(59)94)67-56-44-23-8-7-22-43(44)54(65-52)70(56)94/h5-12,20-27H,13-19,28-40,60-62H2,1-4H3,(H2-,63,64,74,75,77,78,79)/p+1. The van der Waals surface area contributed by atoms with Crippen LogP contribution < -0.4 is 39.3 Å². The molecule has 94 heavy (non-hydrogen) atoms. The molecule has 4 aromatic carbocycles. The van der Waals surface area contributed by atoms with Gasteiger partial charge in [-0.1, -0.05) is 0 Å². The molecule has 6 aromatic rings. The molecule has 0 radical (unpaired) electrons. The monoisotopic (exact) mass is 1400 g/mol. The molecule has 0 fully saturated rings. The number of rotatable bonds is 33. The van der Waals surface area contributed by atoms with E-state index in [2.05, 4.69) is 67.2 Å². The molecule has 6 aliphatic heterocycles. The molecule has 0 atom stereocenters. The maximum atomic E-state index is 14.6. The Hall–Kier alpha value is -7.21. The minimum absolute atomic E-state index is 0.0665. The van der Waals surface area contributed by atoms with Crippen LogP contribution in [0.5, 0.6) is 0 Å². The molecule has 9 N–H and O–H groups in total. The topological polar surface area (TPSA) is 387 Å². The number of hydrogen-bond donors (Lipinski definition) is 6. The first-order valence-electron chi connectivity index (χ1n) is 31.2. The number of nitrogens with zero attached hydrogens (tertiary/aromatic N) is 9. The van der Waals surface area contributed by atoms with E-state index in [0.717, 1.165) is 43.8 Å². The molecule has 0 bridgehead atoms. The predicted molar refractivity (Wildman–Crippen MR) is 356 cm³/mol. The van der Waals surface area contributed by atoms with E-state index in [4.69, 9.17) is 37.7 Å². The summed E-state index contributed by atoms with van der Waals surface area (Å²) in [6.45, 7) is 8.46. The van der Waals surface area contributed by atoms with Gasteiger partial charge < -0.3 is 4.84 Å². The molecule has 0 unspecified atom stereocenters. The zero-order valence-electron chi connectivity index (χ0n) is 52.5. The van der Waals surface area contributed by atoms with Gasteiger partial charge in [-0.25, -0.2) is 0 Å². The molecule has 0 saturated heterocycles.